The molecule has 1 aromatic carbocycles. The summed E-state index contributed by atoms with van der Waals surface area (Å²) in [6.07, 6.45) is 4.00. The van der Waals surface area contributed by atoms with E-state index < -0.39 is 0 Å². The van der Waals surface area contributed by atoms with Crippen molar-refractivity contribution in [2.24, 2.45) is 0 Å². The molecule has 1 saturated heterocycles. The molecule has 5 rings (SSSR count). The summed E-state index contributed by atoms with van der Waals surface area (Å²) >= 11 is 0. The molecule has 29 heavy (non-hydrogen) atoms. The minimum Gasteiger partial charge on any atom is -0.350 e. The second kappa shape index (κ2) is 6.99. The third-order valence-corrected chi connectivity index (χ3v) is 5.99. The van der Waals surface area contributed by atoms with Gasteiger partial charge in [0.25, 0.3) is 5.91 Å². The summed E-state index contributed by atoms with van der Waals surface area (Å²) < 4.78 is 1.77. The second-order valence-corrected chi connectivity index (χ2v) is 7.86. The number of para-hydroxylation sites is 1. The van der Waals surface area contributed by atoms with Gasteiger partial charge in [-0.3, -0.25) is 9.59 Å². The number of hydrogen-bond acceptors (Lipinski definition) is 4. The number of pyridine rings is 1. The third-order valence-electron chi connectivity index (χ3n) is 5.99. The Morgan fingerprint density at radius 1 is 1.10 bits per heavy atom. The fourth-order valence-corrected chi connectivity index (χ4v) is 4.56. The highest BCUT2D eigenvalue weighted by molar-refractivity contribution is 5.97. The molecule has 2 aliphatic rings. The first-order valence-electron chi connectivity index (χ1n) is 10.1. The number of amides is 2. The van der Waals surface area contributed by atoms with Crippen LogP contribution in [0.2, 0.25) is 0 Å². The maximum atomic E-state index is 13.4. The van der Waals surface area contributed by atoms with Crippen LogP contribution in [0.3, 0.4) is 0 Å². The van der Waals surface area contributed by atoms with E-state index >= 15 is 0 Å². The first kappa shape index (κ1) is 17.8. The molecule has 0 bridgehead atoms. The van der Waals surface area contributed by atoms with Crippen LogP contribution in [0.25, 0.3) is 16.7 Å². The standard InChI is InChI=1S/C22H23N5O2/c1-14-16-11-12-18(24-21(16)27(25-14)15-7-3-2-4-8-15)22(29)26-13-20(28)23-17-9-5-6-10-19(17)26/h2-4,7-8,11-12,17,19H,5-6,9-10,13H2,1H3,(H,23,28). The van der Waals surface area contributed by atoms with Crippen molar-refractivity contribution in [1.82, 2.24) is 25.0 Å². The highest BCUT2D eigenvalue weighted by Gasteiger charge is 2.39. The fraction of sp³-hybridized carbons (Fsp3) is 0.364. The highest BCUT2D eigenvalue weighted by atomic mass is 16.2. The summed E-state index contributed by atoms with van der Waals surface area (Å²) in [5, 5.41) is 8.58. The van der Waals surface area contributed by atoms with Gasteiger partial charge in [0.05, 0.1) is 17.4 Å². The van der Waals surface area contributed by atoms with Crippen molar-refractivity contribution in [2.75, 3.05) is 6.54 Å². The summed E-state index contributed by atoms with van der Waals surface area (Å²) in [5.41, 5.74) is 2.77. The zero-order valence-electron chi connectivity index (χ0n) is 16.3. The summed E-state index contributed by atoms with van der Waals surface area (Å²) in [6, 6.07) is 13.5. The molecule has 1 N–H and O–H groups in total. The lowest BCUT2D eigenvalue weighted by Gasteiger charge is -2.43. The van der Waals surface area contributed by atoms with Crippen LogP contribution < -0.4 is 5.32 Å². The molecule has 148 valence electrons. The Labute approximate surface area is 168 Å². The van der Waals surface area contributed by atoms with Crippen molar-refractivity contribution >= 4 is 22.8 Å². The van der Waals surface area contributed by atoms with Crippen molar-refractivity contribution < 1.29 is 9.59 Å². The Morgan fingerprint density at radius 2 is 1.90 bits per heavy atom. The monoisotopic (exact) mass is 389 g/mol. The molecule has 2 amide bonds. The topological polar surface area (TPSA) is 80.1 Å². The average molecular weight is 389 g/mol. The molecule has 2 aromatic heterocycles. The molecule has 1 saturated carbocycles. The fourth-order valence-electron chi connectivity index (χ4n) is 4.56. The summed E-state index contributed by atoms with van der Waals surface area (Å²) in [7, 11) is 0. The number of carbonyl (C=O) groups is 2. The Hall–Kier alpha value is -3.22. The van der Waals surface area contributed by atoms with Crippen LogP contribution in [0, 0.1) is 6.92 Å². The van der Waals surface area contributed by atoms with E-state index in [4.69, 9.17) is 0 Å². The zero-order valence-corrected chi connectivity index (χ0v) is 16.3. The van der Waals surface area contributed by atoms with Gasteiger partial charge in [-0.2, -0.15) is 5.10 Å². The minimum absolute atomic E-state index is 0.0483. The number of fused-ring (bicyclic) bond motifs is 2. The maximum absolute atomic E-state index is 13.4. The molecule has 0 spiro atoms. The molecule has 1 aliphatic carbocycles. The first-order valence-corrected chi connectivity index (χ1v) is 10.1. The molecule has 3 heterocycles. The van der Waals surface area contributed by atoms with Crippen molar-refractivity contribution in [1.29, 1.82) is 0 Å². The van der Waals surface area contributed by atoms with E-state index in [0.717, 1.165) is 42.5 Å². The van der Waals surface area contributed by atoms with E-state index in [2.05, 4.69) is 15.4 Å². The Morgan fingerprint density at radius 3 is 2.72 bits per heavy atom. The number of benzene rings is 1. The molecule has 7 nitrogen and oxygen atoms in total. The molecule has 7 heteroatoms. The quantitative estimate of drug-likeness (QED) is 0.731. The molecular weight excluding hydrogens is 366 g/mol. The first-order chi connectivity index (χ1) is 14.1. The number of aromatic nitrogens is 3. The number of carbonyl (C=O) groups excluding carboxylic acids is 2. The van der Waals surface area contributed by atoms with Gasteiger partial charge in [-0.1, -0.05) is 31.0 Å². The van der Waals surface area contributed by atoms with E-state index in [1.165, 1.54) is 0 Å². The maximum Gasteiger partial charge on any atom is 0.273 e. The van der Waals surface area contributed by atoms with E-state index in [-0.39, 0.29) is 30.4 Å². The van der Waals surface area contributed by atoms with Gasteiger partial charge in [-0.15, -0.1) is 0 Å². The van der Waals surface area contributed by atoms with Crippen LogP contribution in [-0.4, -0.2) is 50.1 Å². The summed E-state index contributed by atoms with van der Waals surface area (Å²) in [6.45, 7) is 2.03. The molecular formula is C22H23N5O2. The SMILES string of the molecule is Cc1nn(-c2ccccc2)c2nc(C(=O)N3CC(=O)NC4CCCCC43)ccc12. The number of nitrogens with one attached hydrogen (secondary N) is 1. The van der Waals surface area contributed by atoms with Gasteiger partial charge in [-0.05, 0) is 44.0 Å². The van der Waals surface area contributed by atoms with Crippen LogP contribution in [0.5, 0.6) is 0 Å². The molecule has 2 atom stereocenters. The van der Waals surface area contributed by atoms with Gasteiger partial charge in [0, 0.05) is 11.4 Å². The molecule has 2 fully saturated rings. The van der Waals surface area contributed by atoms with E-state index in [0.29, 0.717) is 11.3 Å². The van der Waals surface area contributed by atoms with E-state index in [9.17, 15) is 9.59 Å². The molecule has 1 aliphatic heterocycles. The number of aryl methyl sites for hydroxylation is 1. The van der Waals surface area contributed by atoms with Crippen molar-refractivity contribution in [2.45, 2.75) is 44.7 Å². The van der Waals surface area contributed by atoms with Crippen LogP contribution in [-0.2, 0) is 4.79 Å². The van der Waals surface area contributed by atoms with Crippen LogP contribution >= 0.6 is 0 Å². The van der Waals surface area contributed by atoms with Gasteiger partial charge < -0.3 is 10.2 Å². The normalized spacial score (nSPS) is 21.7. The predicted molar refractivity (Wildman–Crippen MR) is 109 cm³/mol. The Balaban J connectivity index is 1.54. The summed E-state index contributed by atoms with van der Waals surface area (Å²) in [5.74, 6) is -0.273. The lowest BCUT2D eigenvalue weighted by Crippen LogP contribution is -2.63. The Kier molecular flexibility index (Phi) is 4.30. The van der Waals surface area contributed by atoms with E-state index in [1.54, 1.807) is 15.6 Å². The number of hydrogen-bond donors (Lipinski definition) is 1. The van der Waals surface area contributed by atoms with Crippen LogP contribution in [0.1, 0.15) is 41.9 Å². The predicted octanol–water partition coefficient (Wildman–Crippen LogP) is 2.61. The number of rotatable bonds is 2. The van der Waals surface area contributed by atoms with Crippen LogP contribution in [0.15, 0.2) is 42.5 Å². The van der Waals surface area contributed by atoms with Gasteiger partial charge in [0.2, 0.25) is 5.91 Å². The molecule has 3 aromatic rings. The third kappa shape index (κ3) is 3.06. The van der Waals surface area contributed by atoms with Gasteiger partial charge in [0.1, 0.15) is 12.2 Å². The minimum atomic E-state index is -0.183. The van der Waals surface area contributed by atoms with Gasteiger partial charge >= 0.3 is 0 Å². The second-order valence-electron chi connectivity index (χ2n) is 7.86. The lowest BCUT2D eigenvalue weighted by molar-refractivity contribution is -0.127. The van der Waals surface area contributed by atoms with E-state index in [1.807, 2.05) is 43.3 Å². The molecule has 0 radical (unpaired) electrons. The highest BCUT2D eigenvalue weighted by Crippen LogP contribution is 2.27. The zero-order chi connectivity index (χ0) is 20.0. The lowest BCUT2D eigenvalue weighted by atomic mass is 9.87. The van der Waals surface area contributed by atoms with Crippen LogP contribution in [0.4, 0.5) is 0 Å². The Bertz CT molecular complexity index is 1090. The van der Waals surface area contributed by atoms with Gasteiger partial charge in [-0.25, -0.2) is 9.67 Å². The van der Waals surface area contributed by atoms with Crippen molar-refractivity contribution in [3.8, 4) is 5.69 Å². The van der Waals surface area contributed by atoms with Crippen molar-refractivity contribution in [3.63, 3.8) is 0 Å². The smallest absolute Gasteiger partial charge is 0.273 e. The van der Waals surface area contributed by atoms with Crippen molar-refractivity contribution in [3.05, 3.63) is 53.9 Å². The van der Waals surface area contributed by atoms with Gasteiger partial charge in [0.15, 0.2) is 5.65 Å². The molecule has 2 unspecified atom stereocenters. The number of nitrogens with zero attached hydrogens (tertiary/aromatic N) is 4. The summed E-state index contributed by atoms with van der Waals surface area (Å²) in [4.78, 5) is 31.9. The number of piperazine rings is 1. The average Bonchev–Trinajstić information content (AvgIpc) is 3.09. The largest absolute Gasteiger partial charge is 0.350 e.